The Labute approximate surface area is 99.3 Å². The number of H-pyrrole nitrogens is 1. The molecule has 1 aliphatic carbocycles. The fraction of sp³-hybridized carbons (Fsp3) is 0.385. The molecule has 0 unspecified atom stereocenters. The van der Waals surface area contributed by atoms with Gasteiger partial charge in [-0.05, 0) is 50.3 Å². The van der Waals surface area contributed by atoms with E-state index >= 15 is 0 Å². The van der Waals surface area contributed by atoms with Crippen molar-refractivity contribution in [1.29, 1.82) is 0 Å². The first kappa shape index (κ1) is 10.3. The molecule has 0 spiro atoms. The van der Waals surface area contributed by atoms with Crippen molar-refractivity contribution >= 4 is 0 Å². The Bertz CT molecular complexity index is 609. The van der Waals surface area contributed by atoms with E-state index in [0.29, 0.717) is 5.82 Å². The Kier molecular flexibility index (Phi) is 2.35. The highest BCUT2D eigenvalue weighted by Gasteiger charge is 2.18. The van der Waals surface area contributed by atoms with Gasteiger partial charge in [0.15, 0.2) is 5.82 Å². The summed E-state index contributed by atoms with van der Waals surface area (Å²) < 4.78 is 1.57. The topological polar surface area (TPSA) is 50.7 Å². The molecule has 0 atom stereocenters. The summed E-state index contributed by atoms with van der Waals surface area (Å²) in [5, 5.41) is 3.19. The summed E-state index contributed by atoms with van der Waals surface area (Å²) in [4.78, 5) is 16.5. The average molecular weight is 229 g/mol. The third-order valence-electron chi connectivity index (χ3n) is 3.31. The van der Waals surface area contributed by atoms with Crippen LogP contribution in [0.4, 0.5) is 0 Å². The van der Waals surface area contributed by atoms with E-state index in [1.54, 1.807) is 10.9 Å². The zero-order valence-electron chi connectivity index (χ0n) is 9.86. The number of nitrogens with zero attached hydrogens (tertiary/aromatic N) is 2. The largest absolute Gasteiger partial charge is 0.293 e. The lowest BCUT2D eigenvalue weighted by atomic mass is 9.98. The van der Waals surface area contributed by atoms with Gasteiger partial charge in [0, 0.05) is 17.5 Å². The van der Waals surface area contributed by atoms with Crippen molar-refractivity contribution in [1.82, 2.24) is 14.8 Å². The van der Waals surface area contributed by atoms with Crippen molar-refractivity contribution < 1.29 is 0 Å². The van der Waals surface area contributed by atoms with Gasteiger partial charge in [0.05, 0.1) is 0 Å². The number of aryl methyl sites for hydroxylation is 2. The van der Waals surface area contributed by atoms with E-state index in [9.17, 15) is 4.79 Å². The van der Waals surface area contributed by atoms with Gasteiger partial charge >= 0.3 is 0 Å². The fourth-order valence-corrected chi connectivity index (χ4v) is 2.39. The zero-order chi connectivity index (χ0) is 11.8. The fourth-order valence-electron chi connectivity index (χ4n) is 2.39. The van der Waals surface area contributed by atoms with Gasteiger partial charge in [0.2, 0.25) is 0 Å². The number of rotatable bonds is 1. The number of hydrogen-bond acceptors (Lipinski definition) is 2. The minimum absolute atomic E-state index is 0.0674. The van der Waals surface area contributed by atoms with Gasteiger partial charge in [-0.1, -0.05) is 0 Å². The second kappa shape index (κ2) is 3.87. The number of nitrogens with one attached hydrogen (secondary N) is 1. The maximum atomic E-state index is 12.2. The summed E-state index contributed by atoms with van der Waals surface area (Å²) in [7, 11) is 0. The number of aromatic amines is 1. The molecule has 2 aromatic rings. The molecule has 17 heavy (non-hydrogen) atoms. The first-order valence-electron chi connectivity index (χ1n) is 6.01. The molecule has 3 rings (SSSR count). The van der Waals surface area contributed by atoms with Crippen LogP contribution in [0.5, 0.6) is 0 Å². The van der Waals surface area contributed by atoms with Crippen molar-refractivity contribution in [2.75, 3.05) is 0 Å². The summed E-state index contributed by atoms with van der Waals surface area (Å²) >= 11 is 0. The monoisotopic (exact) mass is 229 g/mol. The van der Waals surface area contributed by atoms with Crippen LogP contribution in [0.25, 0.3) is 5.82 Å². The maximum absolute atomic E-state index is 12.2. The highest BCUT2D eigenvalue weighted by Crippen LogP contribution is 2.17. The lowest BCUT2D eigenvalue weighted by Gasteiger charge is -2.07. The molecule has 1 aliphatic rings. The summed E-state index contributed by atoms with van der Waals surface area (Å²) in [5.41, 5.74) is 3.20. The lowest BCUT2D eigenvalue weighted by molar-refractivity contribution is 0.670. The van der Waals surface area contributed by atoms with Crippen molar-refractivity contribution in [3.05, 3.63) is 45.5 Å². The van der Waals surface area contributed by atoms with E-state index in [1.807, 2.05) is 19.1 Å². The molecule has 1 N–H and O–H groups in total. The Hall–Kier alpha value is -1.84. The summed E-state index contributed by atoms with van der Waals surface area (Å²) in [6, 6.07) is 3.85. The quantitative estimate of drug-likeness (QED) is 0.810. The Balaban J connectivity index is 2.16. The molecule has 4 heteroatoms. The van der Waals surface area contributed by atoms with Crippen LogP contribution in [0.2, 0.25) is 0 Å². The summed E-state index contributed by atoms with van der Waals surface area (Å²) in [6.45, 7) is 2.00. The van der Waals surface area contributed by atoms with Crippen molar-refractivity contribution in [3.8, 4) is 5.82 Å². The third kappa shape index (κ3) is 1.69. The van der Waals surface area contributed by atoms with Crippen LogP contribution in [0.1, 0.15) is 29.7 Å². The average Bonchev–Trinajstić information content (AvgIpc) is 2.68. The summed E-state index contributed by atoms with van der Waals surface area (Å²) in [5.74, 6) is 0.685. The van der Waals surface area contributed by atoms with Crippen LogP contribution in [-0.4, -0.2) is 14.8 Å². The van der Waals surface area contributed by atoms with Crippen LogP contribution in [0.3, 0.4) is 0 Å². The second-order valence-electron chi connectivity index (χ2n) is 4.61. The van der Waals surface area contributed by atoms with Crippen LogP contribution in [-0.2, 0) is 12.8 Å². The van der Waals surface area contributed by atoms with Crippen molar-refractivity contribution in [2.24, 2.45) is 0 Å². The van der Waals surface area contributed by atoms with Gasteiger partial charge in [-0.3, -0.25) is 9.89 Å². The molecule has 0 amide bonds. The van der Waals surface area contributed by atoms with Crippen LogP contribution < -0.4 is 5.56 Å². The van der Waals surface area contributed by atoms with E-state index in [0.717, 1.165) is 42.5 Å². The zero-order valence-corrected chi connectivity index (χ0v) is 9.86. The summed E-state index contributed by atoms with van der Waals surface area (Å²) in [6.07, 6.45) is 5.87. The second-order valence-corrected chi connectivity index (χ2v) is 4.61. The Morgan fingerprint density at radius 3 is 2.94 bits per heavy atom. The molecule has 0 radical (unpaired) electrons. The molecule has 0 bridgehead atoms. The third-order valence-corrected chi connectivity index (χ3v) is 3.31. The predicted molar refractivity (Wildman–Crippen MR) is 65.6 cm³/mol. The SMILES string of the molecule is Cc1ccnc(-n2[nH]c3c(c2=O)CCCC3)c1. The van der Waals surface area contributed by atoms with E-state index < -0.39 is 0 Å². The molecule has 2 heterocycles. The number of hydrogen-bond donors (Lipinski definition) is 1. The van der Waals surface area contributed by atoms with E-state index in [2.05, 4.69) is 10.1 Å². The van der Waals surface area contributed by atoms with Crippen molar-refractivity contribution in [2.45, 2.75) is 32.6 Å². The molecule has 4 nitrogen and oxygen atoms in total. The minimum Gasteiger partial charge on any atom is -0.293 e. The maximum Gasteiger partial charge on any atom is 0.276 e. The molecule has 0 saturated heterocycles. The minimum atomic E-state index is 0.0674. The van der Waals surface area contributed by atoms with Crippen molar-refractivity contribution in [3.63, 3.8) is 0 Å². The van der Waals surface area contributed by atoms with Gasteiger partial charge in [0.25, 0.3) is 5.56 Å². The van der Waals surface area contributed by atoms with Gasteiger partial charge in [-0.25, -0.2) is 9.67 Å². The van der Waals surface area contributed by atoms with E-state index in [4.69, 9.17) is 0 Å². The highest BCUT2D eigenvalue weighted by atomic mass is 16.1. The van der Waals surface area contributed by atoms with Gasteiger partial charge in [0.1, 0.15) is 0 Å². The number of aromatic nitrogens is 3. The molecule has 0 aromatic carbocycles. The standard InChI is InChI=1S/C13H15N3O/c1-9-6-7-14-12(8-9)16-13(17)10-4-2-3-5-11(10)15-16/h6-8,15H,2-5H2,1H3. The number of pyridine rings is 1. The Morgan fingerprint density at radius 2 is 2.18 bits per heavy atom. The van der Waals surface area contributed by atoms with Crippen LogP contribution in [0, 0.1) is 6.92 Å². The first-order valence-corrected chi connectivity index (χ1v) is 6.01. The molecular formula is C13H15N3O. The molecule has 0 aliphatic heterocycles. The predicted octanol–water partition coefficient (Wildman–Crippen LogP) is 1.75. The van der Waals surface area contributed by atoms with Gasteiger partial charge in [-0.2, -0.15) is 0 Å². The first-order chi connectivity index (χ1) is 8.25. The van der Waals surface area contributed by atoms with E-state index in [1.165, 1.54) is 0 Å². The van der Waals surface area contributed by atoms with Crippen LogP contribution >= 0.6 is 0 Å². The molecule has 2 aromatic heterocycles. The number of fused-ring (bicyclic) bond motifs is 1. The molecule has 0 saturated carbocycles. The normalized spacial score (nSPS) is 14.6. The van der Waals surface area contributed by atoms with E-state index in [-0.39, 0.29) is 5.56 Å². The molecule has 0 fully saturated rings. The molecular weight excluding hydrogens is 214 g/mol. The highest BCUT2D eigenvalue weighted by molar-refractivity contribution is 5.30. The Morgan fingerprint density at radius 1 is 1.35 bits per heavy atom. The van der Waals surface area contributed by atoms with Gasteiger partial charge in [-0.15, -0.1) is 0 Å². The smallest absolute Gasteiger partial charge is 0.276 e. The molecule has 88 valence electrons. The van der Waals surface area contributed by atoms with Gasteiger partial charge < -0.3 is 0 Å². The van der Waals surface area contributed by atoms with Crippen LogP contribution in [0.15, 0.2) is 23.1 Å². The lowest BCUT2D eigenvalue weighted by Crippen LogP contribution is -2.19.